The van der Waals surface area contributed by atoms with Crippen LogP contribution in [-0.2, 0) is 33.9 Å². The zero-order valence-corrected chi connectivity index (χ0v) is 38.8. The lowest BCUT2D eigenvalue weighted by atomic mass is 9.87. The zero-order valence-electron chi connectivity index (χ0n) is 37.9. The van der Waals surface area contributed by atoms with Crippen molar-refractivity contribution >= 4 is 50.4 Å². The number of rotatable bonds is 18. The van der Waals surface area contributed by atoms with Crippen LogP contribution in [0.5, 0.6) is 11.6 Å². The molecule has 4 aliphatic rings. The van der Waals surface area contributed by atoms with Gasteiger partial charge in [0, 0.05) is 30.8 Å². The first-order valence-corrected chi connectivity index (χ1v) is 23.9. The van der Waals surface area contributed by atoms with E-state index >= 15 is 0 Å². The van der Waals surface area contributed by atoms with Crippen LogP contribution >= 0.6 is 0 Å². The van der Waals surface area contributed by atoms with E-state index in [1.165, 1.54) is 4.90 Å². The van der Waals surface area contributed by atoms with Crippen molar-refractivity contribution in [1.82, 2.24) is 19.9 Å². The minimum Gasteiger partial charge on any atom is -0.497 e. The number of primary amides is 1. The molecule has 2 aliphatic heterocycles. The molecule has 360 valence electrons. The fraction of sp³-hybridized carbons (Fsp3) is 0.667. The number of alkyl halides is 3. The first-order chi connectivity index (χ1) is 30.5. The summed E-state index contributed by atoms with van der Waals surface area (Å²) in [6.07, 6.45) is 1.41. The van der Waals surface area contributed by atoms with Crippen molar-refractivity contribution in [2.45, 2.75) is 127 Å². The van der Waals surface area contributed by atoms with Crippen LogP contribution in [0.1, 0.15) is 92.4 Å². The number of morpholine rings is 1. The van der Waals surface area contributed by atoms with Gasteiger partial charge in [0.2, 0.25) is 39.2 Å². The highest BCUT2D eigenvalue weighted by Gasteiger charge is 2.53. The Morgan fingerprint density at radius 3 is 2.45 bits per heavy atom. The summed E-state index contributed by atoms with van der Waals surface area (Å²) in [5, 5.41) is 3.83. The maximum Gasteiger partial charge on any atom is 0.427 e. The Morgan fingerprint density at radius 1 is 1.09 bits per heavy atom. The molecule has 2 aliphatic carbocycles. The van der Waals surface area contributed by atoms with Crippen molar-refractivity contribution in [2.75, 3.05) is 44.9 Å². The number of halogens is 3. The third-order valence-corrected chi connectivity index (χ3v) is 15.5. The molecule has 1 aromatic heterocycles. The van der Waals surface area contributed by atoms with Gasteiger partial charge in [-0.15, -0.1) is 0 Å². The minimum absolute atomic E-state index is 0.0176. The highest BCUT2D eigenvalue weighted by atomic mass is 32.2. The first kappa shape index (κ1) is 49.6. The molecule has 4 N–H and O–H groups in total. The van der Waals surface area contributed by atoms with Gasteiger partial charge >= 0.3 is 12.3 Å². The maximum atomic E-state index is 14.6. The van der Waals surface area contributed by atoms with E-state index in [2.05, 4.69) is 14.9 Å². The zero-order chi connectivity index (χ0) is 47.5. The summed E-state index contributed by atoms with van der Waals surface area (Å²) in [4.78, 5) is 61.9. The van der Waals surface area contributed by atoms with Gasteiger partial charge in [0.15, 0.2) is 0 Å². The molecule has 2 aromatic rings. The number of pyridine rings is 1. The molecule has 7 atom stereocenters. The summed E-state index contributed by atoms with van der Waals surface area (Å²) in [5.41, 5.74) is 2.99. The predicted octanol–water partition coefficient (Wildman–Crippen LogP) is 5.76. The van der Waals surface area contributed by atoms with E-state index < -0.39 is 80.4 Å². The number of sulfonamides is 1. The van der Waals surface area contributed by atoms with Crippen molar-refractivity contribution in [1.29, 1.82) is 0 Å². The number of ether oxygens (including phenoxy) is 4. The Labute approximate surface area is 378 Å². The van der Waals surface area contributed by atoms with Gasteiger partial charge in [-0.05, 0) is 113 Å². The number of anilines is 1. The lowest BCUT2D eigenvalue weighted by Crippen LogP contribution is -2.56. The molecule has 2 saturated carbocycles. The van der Waals surface area contributed by atoms with Crippen LogP contribution in [0.25, 0.3) is 10.8 Å². The summed E-state index contributed by atoms with van der Waals surface area (Å²) in [6, 6.07) is 4.71. The Kier molecular flexibility index (Phi) is 15.2. The summed E-state index contributed by atoms with van der Waals surface area (Å²) in [7, 11) is -2.19. The largest absolute Gasteiger partial charge is 0.497 e. The number of allylic oxidation sites excluding steroid dienone is 2. The standard InChI is InChI=1S/C45H63F3N6O10S/c1-27(10-7-8-11-29-12-9-13-33(29)39(56)52-65(59,60)44(5)16-17-44)22-28(2)37(51-42(58)64-43(3,4)45(46,47)48)41(57)54-26-32(25-35(54)38(49)55)63-40-34-15-14-31(61-6)23-30(34)24-36(50-40)53-18-20-62-21-19-53/h8,11,14-15,23-24,27-29,32-33,35,37H,7,9-10,12-13,16-22,25-26H2,1-6H3,(H2,49,55)(H,51,58)(H,52,56)/b11-8-/t27-,28-,29-,32-,33?,35+,37+/m1/s1. The molecule has 65 heavy (non-hydrogen) atoms. The number of aromatic nitrogens is 1. The number of carbonyl (C=O) groups excluding carboxylic acids is 4. The topological polar surface area (TPSA) is 209 Å². The second-order valence-electron chi connectivity index (χ2n) is 18.8. The Hall–Kier alpha value is -4.85. The lowest BCUT2D eigenvalue weighted by Gasteiger charge is -2.33. The number of likely N-dealkylation sites (tertiary alicyclic amines) is 1. The fourth-order valence-electron chi connectivity index (χ4n) is 8.85. The molecule has 4 fully saturated rings. The average Bonchev–Trinajstić information content (AvgIpc) is 3.62. The van der Waals surface area contributed by atoms with Crippen molar-refractivity contribution < 1.29 is 59.7 Å². The second-order valence-corrected chi connectivity index (χ2v) is 21.0. The Balaban J connectivity index is 1.16. The van der Waals surface area contributed by atoms with Gasteiger partial charge < -0.3 is 39.8 Å². The normalized spacial score (nSPS) is 23.8. The fourth-order valence-corrected chi connectivity index (χ4v) is 10.2. The highest BCUT2D eigenvalue weighted by Crippen LogP contribution is 2.43. The smallest absolute Gasteiger partial charge is 0.427 e. The summed E-state index contributed by atoms with van der Waals surface area (Å²) < 4.78 is 90.5. The van der Waals surface area contributed by atoms with Crippen LogP contribution in [0.3, 0.4) is 0 Å². The van der Waals surface area contributed by atoms with E-state index in [0.29, 0.717) is 95.6 Å². The third-order valence-electron chi connectivity index (χ3n) is 13.3. The number of alkyl carbamates (subject to hydrolysis) is 1. The van der Waals surface area contributed by atoms with Crippen molar-refractivity contribution in [2.24, 2.45) is 29.4 Å². The predicted molar refractivity (Wildman–Crippen MR) is 235 cm³/mol. The number of amides is 4. The van der Waals surface area contributed by atoms with Gasteiger partial charge in [0.25, 0.3) is 0 Å². The molecule has 0 radical (unpaired) electrons. The van der Waals surface area contributed by atoms with Gasteiger partial charge in [0.05, 0.1) is 31.6 Å². The van der Waals surface area contributed by atoms with Crippen LogP contribution in [0.2, 0.25) is 0 Å². The first-order valence-electron chi connectivity index (χ1n) is 22.4. The van der Waals surface area contributed by atoms with Gasteiger partial charge in [0.1, 0.15) is 29.8 Å². The number of fused-ring (bicyclic) bond motifs is 1. The molecule has 16 nitrogen and oxygen atoms in total. The number of benzene rings is 1. The van der Waals surface area contributed by atoms with Crippen LogP contribution < -0.4 is 30.1 Å². The van der Waals surface area contributed by atoms with Crippen LogP contribution in [0.15, 0.2) is 36.4 Å². The quantitative estimate of drug-likeness (QED) is 0.153. The van der Waals surface area contributed by atoms with Crippen LogP contribution in [0.4, 0.5) is 23.8 Å². The van der Waals surface area contributed by atoms with Crippen molar-refractivity contribution in [3.05, 3.63) is 36.4 Å². The monoisotopic (exact) mass is 936 g/mol. The van der Waals surface area contributed by atoms with E-state index in [0.717, 1.165) is 18.2 Å². The molecular weight excluding hydrogens is 874 g/mol. The number of nitrogens with two attached hydrogens (primary N) is 1. The van der Waals surface area contributed by atoms with Crippen LogP contribution in [-0.4, -0.2) is 117 Å². The number of methoxy groups -OCH3 is 1. The highest BCUT2D eigenvalue weighted by molar-refractivity contribution is 7.91. The van der Waals surface area contributed by atoms with Gasteiger partial charge in [-0.3, -0.25) is 19.1 Å². The molecule has 4 amide bonds. The SMILES string of the molecule is COc1ccc2c(O[C@@H]3C[C@@H](C(N)=O)N(C(=O)[C@@H](NC(=O)OC(C)(C)C(F)(F)F)[C@H](C)C[C@H](C)CC/C=C\[C@@H]4CCCC4C(=O)NS(=O)(=O)C4(C)CC4)C3)nc(N3CCOCC3)cc2c1. The number of nitrogens with zero attached hydrogens (tertiary/aromatic N) is 3. The summed E-state index contributed by atoms with van der Waals surface area (Å²) in [6.45, 7) is 8.73. The van der Waals surface area contributed by atoms with E-state index in [-0.39, 0.29) is 30.7 Å². The van der Waals surface area contributed by atoms with Crippen molar-refractivity contribution in [3.8, 4) is 11.6 Å². The van der Waals surface area contributed by atoms with E-state index in [1.807, 2.05) is 31.2 Å². The molecule has 0 spiro atoms. The van der Waals surface area contributed by atoms with E-state index in [9.17, 15) is 40.8 Å². The summed E-state index contributed by atoms with van der Waals surface area (Å²) >= 11 is 0. The maximum absolute atomic E-state index is 14.6. The molecule has 1 unspecified atom stereocenters. The van der Waals surface area contributed by atoms with Crippen molar-refractivity contribution in [3.63, 3.8) is 0 Å². The molecular formula is C45H63F3N6O10S. The van der Waals surface area contributed by atoms with Gasteiger partial charge in [-0.2, -0.15) is 18.2 Å². The minimum atomic E-state index is -4.91. The van der Waals surface area contributed by atoms with E-state index in [4.69, 9.17) is 29.7 Å². The summed E-state index contributed by atoms with van der Waals surface area (Å²) in [5.74, 6) is -1.87. The molecule has 6 rings (SSSR count). The molecule has 0 bridgehead atoms. The molecule has 2 saturated heterocycles. The van der Waals surface area contributed by atoms with E-state index in [1.54, 1.807) is 33.1 Å². The number of hydrogen-bond donors (Lipinski definition) is 3. The number of nitrogens with one attached hydrogen (secondary N) is 2. The van der Waals surface area contributed by atoms with Gasteiger partial charge in [-0.25, -0.2) is 13.2 Å². The Morgan fingerprint density at radius 2 is 1.80 bits per heavy atom. The average molecular weight is 937 g/mol. The lowest BCUT2D eigenvalue weighted by molar-refractivity contribution is -0.244. The van der Waals surface area contributed by atoms with Gasteiger partial charge in [-0.1, -0.05) is 32.4 Å². The molecule has 3 heterocycles. The Bertz CT molecular complexity index is 2210. The third kappa shape index (κ3) is 11.8. The number of hydrogen-bond acceptors (Lipinski definition) is 12. The second kappa shape index (κ2) is 19.9. The number of carbonyl (C=O) groups is 4. The molecule has 20 heteroatoms. The molecule has 1 aromatic carbocycles. The van der Waals surface area contributed by atoms with Crippen LogP contribution in [0, 0.1) is 23.7 Å².